The molecule has 0 spiro atoms. The SMILES string of the molecule is Cc1cccc2oc3ncccc3c12. The van der Waals surface area contributed by atoms with Crippen molar-refractivity contribution in [2.45, 2.75) is 6.92 Å². The van der Waals surface area contributed by atoms with Gasteiger partial charge in [-0.05, 0) is 30.7 Å². The van der Waals surface area contributed by atoms with Crippen LogP contribution in [0.2, 0.25) is 0 Å². The van der Waals surface area contributed by atoms with Crippen molar-refractivity contribution in [3.05, 3.63) is 42.1 Å². The number of fused-ring (bicyclic) bond motifs is 3. The van der Waals surface area contributed by atoms with Gasteiger partial charge in [-0.25, -0.2) is 4.98 Å². The molecular formula is C12H9NO. The molecule has 2 aromatic heterocycles. The van der Waals surface area contributed by atoms with Gasteiger partial charge in [-0.3, -0.25) is 0 Å². The number of aromatic nitrogens is 1. The molecule has 2 heterocycles. The minimum Gasteiger partial charge on any atom is -0.438 e. The molecule has 3 rings (SSSR count). The summed E-state index contributed by atoms with van der Waals surface area (Å²) < 4.78 is 5.62. The zero-order chi connectivity index (χ0) is 9.54. The summed E-state index contributed by atoms with van der Waals surface area (Å²) in [5, 5.41) is 2.27. The first-order chi connectivity index (χ1) is 6.86. The predicted octanol–water partition coefficient (Wildman–Crippen LogP) is 3.29. The maximum absolute atomic E-state index is 5.62. The first-order valence-corrected chi connectivity index (χ1v) is 4.59. The van der Waals surface area contributed by atoms with Gasteiger partial charge in [-0.2, -0.15) is 0 Å². The minimum absolute atomic E-state index is 0.719. The predicted molar refractivity (Wildman–Crippen MR) is 56.3 cm³/mol. The fraction of sp³-hybridized carbons (Fsp3) is 0.0833. The zero-order valence-corrected chi connectivity index (χ0v) is 7.82. The molecule has 68 valence electrons. The molecule has 1 aromatic carbocycles. The van der Waals surface area contributed by atoms with Crippen LogP contribution in [-0.4, -0.2) is 4.98 Å². The van der Waals surface area contributed by atoms with Crippen LogP contribution in [0.1, 0.15) is 5.56 Å². The van der Waals surface area contributed by atoms with Crippen LogP contribution in [0.5, 0.6) is 0 Å². The minimum atomic E-state index is 0.719. The van der Waals surface area contributed by atoms with Crippen LogP contribution in [0.4, 0.5) is 0 Å². The van der Waals surface area contributed by atoms with Crippen LogP contribution in [-0.2, 0) is 0 Å². The second kappa shape index (κ2) is 2.58. The summed E-state index contributed by atoms with van der Waals surface area (Å²) in [7, 11) is 0. The quantitative estimate of drug-likeness (QED) is 0.534. The Morgan fingerprint density at radius 3 is 3.00 bits per heavy atom. The third-order valence-electron chi connectivity index (χ3n) is 2.48. The van der Waals surface area contributed by atoms with E-state index in [2.05, 4.69) is 18.0 Å². The van der Waals surface area contributed by atoms with Gasteiger partial charge < -0.3 is 4.42 Å². The van der Waals surface area contributed by atoms with E-state index in [0.29, 0.717) is 0 Å². The lowest BCUT2D eigenvalue weighted by Gasteiger charge is -1.92. The maximum Gasteiger partial charge on any atom is 0.227 e. The summed E-state index contributed by atoms with van der Waals surface area (Å²) in [5.74, 6) is 0. The second-order valence-electron chi connectivity index (χ2n) is 3.41. The van der Waals surface area contributed by atoms with Gasteiger partial charge in [-0.15, -0.1) is 0 Å². The van der Waals surface area contributed by atoms with E-state index in [1.54, 1.807) is 6.20 Å². The molecule has 0 amide bonds. The van der Waals surface area contributed by atoms with Crippen molar-refractivity contribution in [1.29, 1.82) is 0 Å². The third-order valence-corrected chi connectivity index (χ3v) is 2.48. The Balaban J connectivity index is 2.65. The average molecular weight is 183 g/mol. The number of pyridine rings is 1. The molecule has 2 nitrogen and oxygen atoms in total. The third kappa shape index (κ3) is 0.880. The van der Waals surface area contributed by atoms with Crippen LogP contribution in [0, 0.1) is 6.92 Å². The molecule has 0 saturated heterocycles. The van der Waals surface area contributed by atoms with Crippen LogP contribution in [0.3, 0.4) is 0 Å². The average Bonchev–Trinajstić information content (AvgIpc) is 2.57. The number of aryl methyl sites for hydroxylation is 1. The van der Waals surface area contributed by atoms with Gasteiger partial charge in [0.05, 0.1) is 0 Å². The van der Waals surface area contributed by atoms with Gasteiger partial charge in [0.25, 0.3) is 0 Å². The van der Waals surface area contributed by atoms with E-state index in [9.17, 15) is 0 Å². The highest BCUT2D eigenvalue weighted by Gasteiger charge is 2.07. The summed E-state index contributed by atoms with van der Waals surface area (Å²) in [6, 6.07) is 10.0. The van der Waals surface area contributed by atoms with Crippen molar-refractivity contribution in [1.82, 2.24) is 4.98 Å². The van der Waals surface area contributed by atoms with Crippen molar-refractivity contribution in [2.75, 3.05) is 0 Å². The lowest BCUT2D eigenvalue weighted by molar-refractivity contribution is 0.654. The largest absolute Gasteiger partial charge is 0.438 e. The Morgan fingerprint density at radius 1 is 1.14 bits per heavy atom. The summed E-state index contributed by atoms with van der Waals surface area (Å²) in [6.07, 6.45) is 1.75. The van der Waals surface area contributed by atoms with Crippen molar-refractivity contribution < 1.29 is 4.42 Å². The van der Waals surface area contributed by atoms with E-state index in [4.69, 9.17) is 4.42 Å². The van der Waals surface area contributed by atoms with Crippen LogP contribution < -0.4 is 0 Å². The van der Waals surface area contributed by atoms with E-state index >= 15 is 0 Å². The molecule has 0 aliphatic heterocycles. The molecule has 2 heteroatoms. The molecule has 0 unspecified atom stereocenters. The van der Waals surface area contributed by atoms with Gasteiger partial charge >= 0.3 is 0 Å². The van der Waals surface area contributed by atoms with Gasteiger partial charge in [0.1, 0.15) is 5.58 Å². The fourth-order valence-electron chi connectivity index (χ4n) is 1.84. The summed E-state index contributed by atoms with van der Waals surface area (Å²) in [4.78, 5) is 4.19. The molecule has 0 saturated carbocycles. The molecule has 3 aromatic rings. The summed E-state index contributed by atoms with van der Waals surface area (Å²) >= 11 is 0. The van der Waals surface area contributed by atoms with Gasteiger partial charge in [0.2, 0.25) is 5.71 Å². The Hall–Kier alpha value is -1.83. The normalized spacial score (nSPS) is 11.2. The van der Waals surface area contributed by atoms with E-state index in [0.717, 1.165) is 16.7 Å². The Kier molecular flexibility index (Phi) is 1.39. The molecule has 0 atom stereocenters. The van der Waals surface area contributed by atoms with Crippen LogP contribution in [0.15, 0.2) is 40.9 Å². The van der Waals surface area contributed by atoms with E-state index in [1.165, 1.54) is 10.9 Å². The lowest BCUT2D eigenvalue weighted by Crippen LogP contribution is -1.73. The number of hydrogen-bond donors (Lipinski definition) is 0. The first kappa shape index (κ1) is 7.56. The fourth-order valence-corrected chi connectivity index (χ4v) is 1.84. The van der Waals surface area contributed by atoms with Crippen molar-refractivity contribution >= 4 is 22.1 Å². The number of benzene rings is 1. The van der Waals surface area contributed by atoms with Crippen molar-refractivity contribution in [3.8, 4) is 0 Å². The summed E-state index contributed by atoms with van der Waals surface area (Å²) in [5.41, 5.74) is 2.87. The molecular weight excluding hydrogens is 174 g/mol. The highest BCUT2D eigenvalue weighted by molar-refractivity contribution is 6.05. The number of hydrogen-bond acceptors (Lipinski definition) is 2. The Morgan fingerprint density at radius 2 is 2.07 bits per heavy atom. The van der Waals surface area contributed by atoms with E-state index in [1.807, 2.05) is 24.3 Å². The van der Waals surface area contributed by atoms with Gasteiger partial charge in [0, 0.05) is 17.0 Å². The van der Waals surface area contributed by atoms with E-state index < -0.39 is 0 Å². The monoisotopic (exact) mass is 183 g/mol. The first-order valence-electron chi connectivity index (χ1n) is 4.59. The summed E-state index contributed by atoms with van der Waals surface area (Å²) in [6.45, 7) is 2.09. The molecule has 0 fully saturated rings. The van der Waals surface area contributed by atoms with Crippen LogP contribution >= 0.6 is 0 Å². The van der Waals surface area contributed by atoms with Crippen molar-refractivity contribution in [2.24, 2.45) is 0 Å². The molecule has 0 aliphatic rings. The molecule has 0 bridgehead atoms. The van der Waals surface area contributed by atoms with Gasteiger partial charge in [0.15, 0.2) is 0 Å². The maximum atomic E-state index is 5.62. The Labute approximate surface area is 81.2 Å². The molecule has 0 aliphatic carbocycles. The smallest absolute Gasteiger partial charge is 0.227 e. The number of furan rings is 1. The van der Waals surface area contributed by atoms with Gasteiger partial charge in [-0.1, -0.05) is 12.1 Å². The lowest BCUT2D eigenvalue weighted by atomic mass is 10.1. The highest BCUT2D eigenvalue weighted by atomic mass is 16.3. The number of rotatable bonds is 0. The van der Waals surface area contributed by atoms with Crippen molar-refractivity contribution in [3.63, 3.8) is 0 Å². The molecule has 0 radical (unpaired) electrons. The number of nitrogens with zero attached hydrogens (tertiary/aromatic N) is 1. The molecule has 0 N–H and O–H groups in total. The van der Waals surface area contributed by atoms with E-state index in [-0.39, 0.29) is 0 Å². The molecule has 14 heavy (non-hydrogen) atoms. The Bertz CT molecular complexity index is 610. The standard InChI is InChI=1S/C12H9NO/c1-8-4-2-6-10-11(8)9-5-3-7-13-12(9)14-10/h2-7H,1H3. The zero-order valence-electron chi connectivity index (χ0n) is 7.82. The highest BCUT2D eigenvalue weighted by Crippen LogP contribution is 2.29. The second-order valence-corrected chi connectivity index (χ2v) is 3.41. The van der Waals surface area contributed by atoms with Crippen LogP contribution in [0.25, 0.3) is 22.1 Å². The topological polar surface area (TPSA) is 26.0 Å².